The molecule has 0 aliphatic heterocycles. The van der Waals surface area contributed by atoms with Gasteiger partial charge >= 0.3 is 0 Å². The lowest BCUT2D eigenvalue weighted by molar-refractivity contribution is -0.112. The SMILES string of the molecule is CC.CN(C)C/C=C/C(=O)Nc1ccc(S(=O)(=O)Nc2cccc(Nc3ncc(C#N)c(-c4c[nH]c5ccccc45)n3)c2)cc1.Cc1ccc(Nc2ncc(C#N)c(-c3c[nH]c4ccccc34)n2)cc1NC(=O)c1ccc(NC(=O)/C=C/CN(C)C)cc1. The van der Waals surface area contributed by atoms with Crippen LogP contribution in [0.4, 0.5) is 46.0 Å². The molecule has 4 heterocycles. The van der Waals surface area contributed by atoms with E-state index < -0.39 is 10.0 Å². The number of carbonyl (C=O) groups is 3. The van der Waals surface area contributed by atoms with E-state index in [2.05, 4.69) is 73.3 Å². The molecule has 0 unspecified atom stereocenters. The molecule has 21 nitrogen and oxygen atoms in total. The second-order valence-corrected chi connectivity index (χ2v) is 21.6. The maximum Gasteiger partial charge on any atom is 0.261 e. The summed E-state index contributed by atoms with van der Waals surface area (Å²) in [6.07, 6.45) is 13.0. The first kappa shape index (κ1) is 62.7. The predicted octanol–water partition coefficient (Wildman–Crippen LogP) is 12.0. The summed E-state index contributed by atoms with van der Waals surface area (Å²) in [4.78, 5) is 65.4. The molecule has 8 N–H and O–H groups in total. The molecule has 4 aromatic heterocycles. The number of aryl methyl sites for hydroxylation is 1. The van der Waals surface area contributed by atoms with Crippen molar-refractivity contribution in [2.45, 2.75) is 25.7 Å². The fraction of sp³-hybridized carbons (Fsp3) is 0.136. The van der Waals surface area contributed by atoms with Crippen LogP contribution in [-0.4, -0.2) is 107 Å². The van der Waals surface area contributed by atoms with Crippen LogP contribution in [0.3, 0.4) is 0 Å². The lowest BCUT2D eigenvalue weighted by Gasteiger charge is -2.13. The molecule has 22 heteroatoms. The van der Waals surface area contributed by atoms with Crippen molar-refractivity contribution in [2.75, 3.05) is 72.6 Å². The zero-order valence-electron chi connectivity index (χ0n) is 49.3. The minimum Gasteiger partial charge on any atom is -0.360 e. The highest BCUT2D eigenvalue weighted by Crippen LogP contribution is 2.33. The molecule has 0 aliphatic carbocycles. The molecule has 0 radical (unpaired) electrons. The molecule has 3 amide bonds. The van der Waals surface area contributed by atoms with Crippen molar-refractivity contribution < 1.29 is 22.8 Å². The van der Waals surface area contributed by atoms with E-state index in [0.717, 1.165) is 38.5 Å². The number of carbonyl (C=O) groups excluding carboxylic acids is 3. The number of nitriles is 2. The number of hydrogen-bond donors (Lipinski definition) is 8. The van der Waals surface area contributed by atoms with Gasteiger partial charge in [0.25, 0.3) is 15.9 Å². The van der Waals surface area contributed by atoms with Crippen LogP contribution in [0.1, 0.15) is 40.9 Å². The number of likely N-dealkylation sites (N-methyl/N-ethyl adjacent to an activating group) is 2. The summed E-state index contributed by atoms with van der Waals surface area (Å²) in [6, 6.07) is 44.6. The van der Waals surface area contributed by atoms with E-state index in [1.165, 1.54) is 48.8 Å². The van der Waals surface area contributed by atoms with Crippen molar-refractivity contribution in [3.8, 4) is 34.7 Å². The van der Waals surface area contributed by atoms with Gasteiger partial charge in [0.15, 0.2) is 0 Å². The van der Waals surface area contributed by atoms with Gasteiger partial charge in [0.05, 0.1) is 45.5 Å². The Morgan fingerprint density at radius 3 is 1.53 bits per heavy atom. The third-order valence-corrected chi connectivity index (χ3v) is 14.3. The molecule has 0 spiro atoms. The molecule has 10 aromatic rings. The fourth-order valence-electron chi connectivity index (χ4n) is 8.69. The topological polar surface area (TPSA) is 295 Å². The van der Waals surface area contributed by atoms with Crippen molar-refractivity contribution >= 4 is 95.6 Å². The number of H-pyrrole nitrogens is 2. The van der Waals surface area contributed by atoms with Gasteiger partial charge in [0.2, 0.25) is 23.7 Å². The Morgan fingerprint density at radius 1 is 0.568 bits per heavy atom. The molecule has 0 atom stereocenters. The van der Waals surface area contributed by atoms with Gasteiger partial charge in [0.1, 0.15) is 12.1 Å². The minimum absolute atomic E-state index is 0.0332. The molecule has 0 saturated carbocycles. The van der Waals surface area contributed by atoms with Gasteiger partial charge in [0, 0.05) is 105 Å². The zero-order chi connectivity index (χ0) is 62.7. The Kier molecular flexibility index (Phi) is 21.0. The van der Waals surface area contributed by atoms with E-state index >= 15 is 0 Å². The number of anilines is 8. The van der Waals surface area contributed by atoms with Gasteiger partial charge in [-0.05, 0) is 132 Å². The van der Waals surface area contributed by atoms with Crippen molar-refractivity contribution in [3.63, 3.8) is 0 Å². The zero-order valence-corrected chi connectivity index (χ0v) is 50.2. The summed E-state index contributed by atoms with van der Waals surface area (Å²) in [5, 5.41) is 36.0. The highest BCUT2D eigenvalue weighted by Gasteiger charge is 2.19. The van der Waals surface area contributed by atoms with Crippen LogP contribution in [0.15, 0.2) is 194 Å². The Morgan fingerprint density at radius 2 is 1.03 bits per heavy atom. The average molecular weight is 1190 g/mol. The summed E-state index contributed by atoms with van der Waals surface area (Å²) in [5.41, 5.74) is 9.61. The maximum atomic E-state index is 13.1. The Balaban J connectivity index is 0.000000222. The molecule has 444 valence electrons. The van der Waals surface area contributed by atoms with E-state index in [1.54, 1.807) is 72.9 Å². The smallest absolute Gasteiger partial charge is 0.261 e. The van der Waals surface area contributed by atoms with Gasteiger partial charge < -0.3 is 46.4 Å². The van der Waals surface area contributed by atoms with Crippen LogP contribution < -0.4 is 31.3 Å². The highest BCUT2D eigenvalue weighted by molar-refractivity contribution is 7.92. The number of sulfonamides is 1. The summed E-state index contributed by atoms with van der Waals surface area (Å²) < 4.78 is 28.7. The van der Waals surface area contributed by atoms with Gasteiger partial charge in [-0.3, -0.25) is 19.1 Å². The average Bonchev–Trinajstić information content (AvgIpc) is 2.10. The number of nitrogens with one attached hydrogen (secondary N) is 8. The third kappa shape index (κ3) is 16.5. The number of amides is 3. The van der Waals surface area contributed by atoms with Crippen molar-refractivity contribution in [1.82, 2.24) is 39.7 Å². The number of rotatable bonds is 19. The van der Waals surface area contributed by atoms with Crippen molar-refractivity contribution in [1.29, 1.82) is 10.5 Å². The number of aromatic nitrogens is 6. The molecule has 0 aliphatic rings. The molecule has 0 saturated heterocycles. The number of aromatic amines is 2. The Labute approximate surface area is 510 Å². The number of hydrogen-bond acceptors (Lipinski definition) is 15. The van der Waals surface area contributed by atoms with E-state index in [4.69, 9.17) is 0 Å². The van der Waals surface area contributed by atoms with Crippen LogP contribution in [0, 0.1) is 29.6 Å². The maximum absolute atomic E-state index is 13.1. The molecule has 88 heavy (non-hydrogen) atoms. The Hall–Kier alpha value is -11.3. The molecular weight excluding hydrogens is 1130 g/mol. The first-order valence-corrected chi connectivity index (χ1v) is 29.2. The quantitative estimate of drug-likeness (QED) is 0.0349. The normalized spacial score (nSPS) is 11.1. The number of fused-ring (bicyclic) bond motifs is 2. The summed E-state index contributed by atoms with van der Waals surface area (Å²) in [6.45, 7) is 7.18. The van der Waals surface area contributed by atoms with Crippen LogP contribution in [0.5, 0.6) is 0 Å². The van der Waals surface area contributed by atoms with E-state index in [1.807, 2.05) is 126 Å². The molecule has 10 rings (SSSR count). The molecular formula is C66H64N16O5S. The van der Waals surface area contributed by atoms with Crippen molar-refractivity contribution in [3.05, 3.63) is 211 Å². The van der Waals surface area contributed by atoms with Crippen molar-refractivity contribution in [2.24, 2.45) is 0 Å². The van der Waals surface area contributed by atoms with Crippen LogP contribution in [0.2, 0.25) is 0 Å². The van der Waals surface area contributed by atoms with Gasteiger partial charge in [-0.15, -0.1) is 0 Å². The molecule has 6 aromatic carbocycles. The van der Waals surface area contributed by atoms with E-state index in [-0.39, 0.29) is 28.6 Å². The first-order valence-electron chi connectivity index (χ1n) is 27.7. The second kappa shape index (κ2) is 29.5. The van der Waals surface area contributed by atoms with Gasteiger partial charge in [-0.2, -0.15) is 10.5 Å². The van der Waals surface area contributed by atoms with E-state index in [9.17, 15) is 33.3 Å². The minimum atomic E-state index is -3.92. The molecule has 0 bridgehead atoms. The standard InChI is InChI=1S/C33H30N8O2.C31H28N8O3S.C2H6/c1-21-10-13-25(38-33-36-19-23(18-34)31(40-33)27-20-35-28-8-5-4-7-26(27)28)17-29(21)39-32(43)22-11-14-24(15-12-22)37-30(42)9-6-16-41(2)3;1-39(2)16-6-11-29(40)35-22-12-14-25(15-13-22)43(41,42)38-24-8-5-7-23(17-24)36-31-34-19-21(18-32)30(37-31)27-20-33-28-10-4-3-9-26(27)28;1-2/h4-15,17,19-20,35H,16H2,1-3H3,(H,37,42)(H,39,43)(H,36,38,40);3-15,17,19-20,33,38H,16H2,1-2H3,(H,35,40)(H,34,36,37);1-2H3/b9-6+;11-6+;. The van der Waals surface area contributed by atoms with Gasteiger partial charge in [-0.25, -0.2) is 28.4 Å². The highest BCUT2D eigenvalue weighted by atomic mass is 32.2. The lowest BCUT2D eigenvalue weighted by Crippen LogP contribution is -2.14. The largest absolute Gasteiger partial charge is 0.360 e. The predicted molar refractivity (Wildman–Crippen MR) is 348 cm³/mol. The third-order valence-electron chi connectivity index (χ3n) is 12.9. The number of nitrogens with zero attached hydrogens (tertiary/aromatic N) is 8. The van der Waals surface area contributed by atoms with Crippen LogP contribution >= 0.6 is 0 Å². The first-order chi connectivity index (χ1) is 42.5. The Bertz CT molecular complexity index is 4390. The second-order valence-electron chi connectivity index (χ2n) is 20.0. The van der Waals surface area contributed by atoms with Crippen LogP contribution in [0.25, 0.3) is 44.3 Å². The molecule has 0 fully saturated rings. The van der Waals surface area contributed by atoms with E-state index in [0.29, 0.717) is 81.2 Å². The van der Waals surface area contributed by atoms with Crippen LogP contribution in [-0.2, 0) is 19.6 Å². The number of benzene rings is 6. The number of para-hydroxylation sites is 2. The van der Waals surface area contributed by atoms with Gasteiger partial charge in [-0.1, -0.05) is 74.5 Å². The monoisotopic (exact) mass is 1190 g/mol. The summed E-state index contributed by atoms with van der Waals surface area (Å²) in [5.74, 6) is -0.276. The summed E-state index contributed by atoms with van der Waals surface area (Å²) >= 11 is 0. The lowest BCUT2D eigenvalue weighted by atomic mass is 10.1. The summed E-state index contributed by atoms with van der Waals surface area (Å²) in [7, 11) is 3.72. The fourth-order valence-corrected chi connectivity index (χ4v) is 9.74.